The highest BCUT2D eigenvalue weighted by Gasteiger charge is 2.40. The van der Waals surface area contributed by atoms with Crippen molar-refractivity contribution in [3.63, 3.8) is 0 Å². The fraction of sp³-hybridized carbons (Fsp3) is 0.562. The number of fused-ring (bicyclic) bond motifs is 2. The summed E-state index contributed by atoms with van der Waals surface area (Å²) in [7, 11) is 4.09. The number of aliphatic imine (C=N–C) groups is 1. The minimum atomic E-state index is -4.73. The van der Waals surface area contributed by atoms with Gasteiger partial charge in [-0.25, -0.2) is 9.45 Å². The molecule has 1 amide bonds. The predicted molar refractivity (Wildman–Crippen MR) is 181 cm³/mol. The first-order valence-corrected chi connectivity index (χ1v) is 16.8. The predicted octanol–water partition coefficient (Wildman–Crippen LogP) is 4.83. The van der Waals surface area contributed by atoms with Gasteiger partial charge in [0.2, 0.25) is 0 Å². The molecule has 2 saturated heterocycles. The molecular formula is C32H40Cl2F4N8O4. The summed E-state index contributed by atoms with van der Waals surface area (Å²) in [6.45, 7) is 2.78. The molecule has 3 unspecified atom stereocenters. The molecule has 5 heterocycles. The Hall–Kier alpha value is -3.44. The fourth-order valence-corrected chi connectivity index (χ4v) is 7.16. The van der Waals surface area contributed by atoms with Crippen molar-refractivity contribution in [1.82, 2.24) is 19.9 Å². The van der Waals surface area contributed by atoms with Crippen LogP contribution in [0.4, 0.5) is 29.1 Å². The van der Waals surface area contributed by atoms with Crippen LogP contribution < -0.4 is 21.1 Å². The number of carbonyl (C=O) groups excluding carboxylic acids is 1. The zero-order chi connectivity index (χ0) is 36.3. The monoisotopic (exact) mass is 746 g/mol. The number of anilines is 2. The zero-order valence-corrected chi connectivity index (χ0v) is 29.4. The number of alkyl halides is 4. The Morgan fingerprint density at radius 1 is 1.18 bits per heavy atom. The molecular weight excluding hydrogens is 707 g/mol. The number of hydrogen-bond donors (Lipinski definition) is 2. The van der Waals surface area contributed by atoms with Crippen molar-refractivity contribution in [2.24, 2.45) is 10.7 Å². The second-order valence-corrected chi connectivity index (χ2v) is 13.2. The standard InChI is InChI=1S/C25H28Cl2F3N7O4.C7H12FN/c1-36(40-3)23(38)21(32)20(27)17-10-37(6-4-5-33-17)22-14-11-41-18(9-16(14)34-24(35-22)39-2)13-7-12(31)8-15(26)19(13)25(28,29)30;8-6-4-7-2-1-3-9(7)5-6/h7-8,18H,4-6,9-11,31-32H2,1-3H3;6-7H,1-5H2/b21-20+;. The number of halogens is 6. The van der Waals surface area contributed by atoms with Gasteiger partial charge in [0.15, 0.2) is 0 Å². The number of rotatable bonds is 6. The van der Waals surface area contributed by atoms with E-state index in [4.69, 9.17) is 49.0 Å². The molecule has 2 fully saturated rings. The van der Waals surface area contributed by atoms with Gasteiger partial charge in [-0.2, -0.15) is 23.1 Å². The number of amides is 1. The van der Waals surface area contributed by atoms with Crippen LogP contribution in [0.25, 0.3) is 0 Å². The topological polar surface area (TPSA) is 145 Å². The Kier molecular flexibility index (Phi) is 12.0. The Morgan fingerprint density at radius 2 is 1.94 bits per heavy atom. The number of hydroxylamine groups is 2. The number of likely N-dealkylation sites (N-methyl/N-ethyl adjacent to an activating group) is 1. The highest BCUT2D eigenvalue weighted by molar-refractivity contribution is 6.45. The van der Waals surface area contributed by atoms with Crippen molar-refractivity contribution in [2.75, 3.05) is 64.6 Å². The molecule has 2 aromatic rings. The summed E-state index contributed by atoms with van der Waals surface area (Å²) in [5.41, 5.74) is 11.8. The van der Waals surface area contributed by atoms with Crippen molar-refractivity contribution in [1.29, 1.82) is 0 Å². The largest absolute Gasteiger partial charge is 0.467 e. The van der Waals surface area contributed by atoms with Gasteiger partial charge in [-0.15, -0.1) is 0 Å². The molecule has 6 rings (SSSR count). The molecule has 0 radical (unpaired) electrons. The maximum Gasteiger partial charge on any atom is 0.418 e. The number of benzene rings is 1. The molecule has 0 spiro atoms. The average molecular weight is 748 g/mol. The summed E-state index contributed by atoms with van der Waals surface area (Å²) in [6, 6.07) is 2.89. The van der Waals surface area contributed by atoms with Crippen LogP contribution in [-0.4, -0.2) is 97.8 Å². The summed E-state index contributed by atoms with van der Waals surface area (Å²) in [5.74, 6) is -0.207. The van der Waals surface area contributed by atoms with Gasteiger partial charge in [0.05, 0.1) is 60.5 Å². The molecule has 1 aromatic carbocycles. The molecule has 0 saturated carbocycles. The van der Waals surface area contributed by atoms with Gasteiger partial charge in [-0.3, -0.25) is 19.5 Å². The van der Waals surface area contributed by atoms with E-state index in [0.29, 0.717) is 54.9 Å². The van der Waals surface area contributed by atoms with Crippen molar-refractivity contribution >= 4 is 46.3 Å². The fourth-order valence-electron chi connectivity index (χ4n) is 6.62. The van der Waals surface area contributed by atoms with Crippen molar-refractivity contribution < 1.29 is 36.7 Å². The normalized spacial score (nSPS) is 22.8. The third-order valence-electron chi connectivity index (χ3n) is 9.08. The lowest BCUT2D eigenvalue weighted by molar-refractivity contribution is -0.164. The Morgan fingerprint density at radius 3 is 2.62 bits per heavy atom. The first-order valence-electron chi connectivity index (χ1n) is 16.1. The summed E-state index contributed by atoms with van der Waals surface area (Å²) in [5, 5.41) is 0.387. The third kappa shape index (κ3) is 8.36. The van der Waals surface area contributed by atoms with Gasteiger partial charge >= 0.3 is 12.2 Å². The minimum absolute atomic E-state index is 0.0156. The van der Waals surface area contributed by atoms with Gasteiger partial charge in [-0.05, 0) is 49.9 Å². The highest BCUT2D eigenvalue weighted by atomic mass is 35.5. The molecule has 3 atom stereocenters. The van der Waals surface area contributed by atoms with Crippen molar-refractivity contribution in [2.45, 2.75) is 63.2 Å². The highest BCUT2D eigenvalue weighted by Crippen LogP contribution is 2.44. The SMILES string of the molecule is COc1nc2c(c(N3CCCN=C(/C(Cl)=C(\N)C(=O)N(C)OC)C3)n1)COC(c1cc(N)cc(Cl)c1C(F)(F)F)C2.FC1CC2CCCN2C1. The summed E-state index contributed by atoms with van der Waals surface area (Å²) >= 11 is 12.5. The molecule has 1 aromatic heterocycles. The summed E-state index contributed by atoms with van der Waals surface area (Å²) in [6.07, 6.45) is -2.36. The van der Waals surface area contributed by atoms with Crippen LogP contribution in [0.1, 0.15) is 54.2 Å². The molecule has 4 N–H and O–H groups in total. The average Bonchev–Trinajstić information content (AvgIpc) is 3.56. The first-order chi connectivity index (χ1) is 23.7. The lowest BCUT2D eigenvalue weighted by Crippen LogP contribution is -2.35. The Balaban J connectivity index is 0.000000462. The van der Waals surface area contributed by atoms with Gasteiger partial charge < -0.3 is 25.8 Å². The van der Waals surface area contributed by atoms with Crippen molar-refractivity contribution in [3.05, 3.63) is 50.3 Å². The number of ether oxygens (including phenoxy) is 2. The van der Waals surface area contributed by atoms with E-state index in [1.54, 1.807) is 0 Å². The molecule has 4 aliphatic heterocycles. The van der Waals surface area contributed by atoms with E-state index in [1.165, 1.54) is 40.2 Å². The number of nitrogens with zero attached hydrogens (tertiary/aromatic N) is 6. The first kappa shape index (κ1) is 37.8. The number of nitrogens with two attached hydrogens (primary N) is 2. The van der Waals surface area contributed by atoms with Crippen LogP contribution in [0, 0.1) is 0 Å². The molecule has 0 bridgehead atoms. The van der Waals surface area contributed by atoms with Crippen LogP contribution in [0.15, 0.2) is 27.9 Å². The molecule has 18 heteroatoms. The lowest BCUT2D eigenvalue weighted by atomic mass is 9.94. The van der Waals surface area contributed by atoms with Crippen LogP contribution >= 0.6 is 23.2 Å². The summed E-state index contributed by atoms with van der Waals surface area (Å²) in [4.78, 5) is 34.9. The molecule has 4 aliphatic rings. The minimum Gasteiger partial charge on any atom is -0.467 e. The maximum absolute atomic E-state index is 13.9. The van der Waals surface area contributed by atoms with E-state index in [2.05, 4.69) is 19.9 Å². The zero-order valence-electron chi connectivity index (χ0n) is 27.9. The lowest BCUT2D eigenvalue weighted by Gasteiger charge is -2.31. The van der Waals surface area contributed by atoms with Crippen molar-refractivity contribution in [3.8, 4) is 6.01 Å². The van der Waals surface area contributed by atoms with E-state index >= 15 is 0 Å². The van der Waals surface area contributed by atoms with Gasteiger partial charge in [-0.1, -0.05) is 23.2 Å². The van der Waals surface area contributed by atoms with E-state index in [-0.39, 0.29) is 47.6 Å². The smallest absolute Gasteiger partial charge is 0.418 e. The Bertz CT molecular complexity index is 1630. The van der Waals surface area contributed by atoms with Gasteiger partial charge in [0.1, 0.15) is 17.7 Å². The number of methoxy groups -OCH3 is 1. The van der Waals surface area contributed by atoms with Crippen LogP contribution in [-0.2, 0) is 33.6 Å². The van der Waals surface area contributed by atoms with Gasteiger partial charge in [0, 0.05) is 50.4 Å². The molecule has 274 valence electrons. The molecule has 12 nitrogen and oxygen atoms in total. The maximum atomic E-state index is 13.9. The number of aromatic nitrogens is 2. The van der Waals surface area contributed by atoms with Crippen LogP contribution in [0.3, 0.4) is 0 Å². The van der Waals surface area contributed by atoms with Gasteiger partial charge in [0.25, 0.3) is 5.91 Å². The van der Waals surface area contributed by atoms with Crippen LogP contribution in [0.2, 0.25) is 5.02 Å². The number of hydrogen-bond acceptors (Lipinski definition) is 11. The second kappa shape index (κ2) is 15.8. The third-order valence-corrected chi connectivity index (χ3v) is 9.80. The van der Waals surface area contributed by atoms with E-state index in [9.17, 15) is 22.4 Å². The van der Waals surface area contributed by atoms with Crippen LogP contribution in [0.5, 0.6) is 6.01 Å². The number of nitrogen functional groups attached to an aromatic ring is 1. The second-order valence-electron chi connectivity index (χ2n) is 12.4. The quantitative estimate of drug-likeness (QED) is 0.183. The van der Waals surface area contributed by atoms with E-state index in [1.807, 2.05) is 4.90 Å². The van der Waals surface area contributed by atoms with E-state index in [0.717, 1.165) is 24.1 Å². The molecule has 0 aliphatic carbocycles. The summed E-state index contributed by atoms with van der Waals surface area (Å²) < 4.78 is 65.7. The Labute approximate surface area is 297 Å². The molecule has 50 heavy (non-hydrogen) atoms. The number of carbonyl (C=O) groups is 1. The van der Waals surface area contributed by atoms with E-state index < -0.39 is 34.9 Å².